The van der Waals surface area contributed by atoms with Crippen molar-refractivity contribution < 1.29 is 5.11 Å². The monoisotopic (exact) mass is 289 g/mol. The summed E-state index contributed by atoms with van der Waals surface area (Å²) < 4.78 is 1.66. The largest absolute Gasteiger partial charge is 0.391 e. The Balaban J connectivity index is 1.87. The van der Waals surface area contributed by atoms with Gasteiger partial charge in [0.1, 0.15) is 17.5 Å². The Kier molecular flexibility index (Phi) is 3.77. The molecule has 1 heterocycles. The second kappa shape index (κ2) is 5.57. The normalized spacial score (nSPS) is 27.1. The lowest BCUT2D eigenvalue weighted by Crippen LogP contribution is -2.29. The summed E-state index contributed by atoms with van der Waals surface area (Å²) >= 11 is 0. The topological polar surface area (TPSA) is 99.9 Å². The fourth-order valence-corrected chi connectivity index (χ4v) is 3.22. The average Bonchev–Trinajstić information content (AvgIpc) is 3.26. The van der Waals surface area contributed by atoms with Gasteiger partial charge in [0.05, 0.1) is 12.1 Å². The molecule has 0 bridgehead atoms. The zero-order valence-electron chi connectivity index (χ0n) is 12.4. The molecule has 0 aliphatic heterocycles. The van der Waals surface area contributed by atoms with Crippen molar-refractivity contribution in [1.82, 2.24) is 9.78 Å². The fourth-order valence-electron chi connectivity index (χ4n) is 3.22. The van der Waals surface area contributed by atoms with Gasteiger partial charge in [-0.1, -0.05) is 12.8 Å². The maximum atomic E-state index is 10.2. The highest BCUT2D eigenvalue weighted by Crippen LogP contribution is 2.36. The van der Waals surface area contributed by atoms with Crippen molar-refractivity contribution in [2.24, 2.45) is 5.92 Å². The van der Waals surface area contributed by atoms with Gasteiger partial charge < -0.3 is 16.2 Å². The van der Waals surface area contributed by atoms with Gasteiger partial charge in [-0.05, 0) is 38.5 Å². The number of nitrogen functional groups attached to an aromatic ring is 1. The van der Waals surface area contributed by atoms with Gasteiger partial charge in [0.15, 0.2) is 5.82 Å². The molecule has 0 radical (unpaired) electrons. The van der Waals surface area contributed by atoms with Gasteiger partial charge in [-0.25, -0.2) is 4.68 Å². The number of aliphatic hydroxyl groups is 1. The zero-order valence-corrected chi connectivity index (χ0v) is 12.4. The van der Waals surface area contributed by atoms with E-state index in [2.05, 4.69) is 23.4 Å². The molecule has 3 rings (SSSR count). The Bertz CT molecular complexity index is 557. The van der Waals surface area contributed by atoms with E-state index in [-0.39, 0.29) is 6.04 Å². The minimum absolute atomic E-state index is 0.113. The third kappa shape index (κ3) is 2.70. The van der Waals surface area contributed by atoms with Crippen LogP contribution >= 0.6 is 0 Å². The van der Waals surface area contributed by atoms with E-state index in [1.54, 1.807) is 4.68 Å². The Morgan fingerprint density at radius 1 is 1.38 bits per heavy atom. The van der Waals surface area contributed by atoms with Crippen LogP contribution < -0.4 is 11.1 Å². The summed E-state index contributed by atoms with van der Waals surface area (Å²) in [4.78, 5) is 0. The van der Waals surface area contributed by atoms with E-state index in [9.17, 15) is 10.4 Å². The van der Waals surface area contributed by atoms with Crippen molar-refractivity contribution >= 4 is 11.6 Å². The zero-order chi connectivity index (χ0) is 15.0. The lowest BCUT2D eigenvalue weighted by molar-refractivity contribution is 0.0707. The number of aliphatic hydroxyl groups excluding tert-OH is 1. The van der Waals surface area contributed by atoms with E-state index in [0.717, 1.165) is 25.7 Å². The van der Waals surface area contributed by atoms with Crippen LogP contribution in [0.2, 0.25) is 0 Å². The molecular weight excluding hydrogens is 266 g/mol. The molecule has 2 aliphatic rings. The van der Waals surface area contributed by atoms with E-state index in [1.165, 1.54) is 12.8 Å². The Labute approximate surface area is 124 Å². The van der Waals surface area contributed by atoms with Gasteiger partial charge in [0.2, 0.25) is 0 Å². The minimum Gasteiger partial charge on any atom is -0.391 e. The van der Waals surface area contributed by atoms with Crippen LogP contribution in [0, 0.1) is 17.2 Å². The van der Waals surface area contributed by atoms with E-state index >= 15 is 0 Å². The molecule has 6 heteroatoms. The third-order valence-corrected chi connectivity index (χ3v) is 4.76. The smallest absolute Gasteiger partial charge is 0.168 e. The SMILES string of the molecule is CC(Nc1nn(C2CCCCC2O)c(N)c1C#N)C1CC1. The van der Waals surface area contributed by atoms with Crippen LogP contribution in [0.15, 0.2) is 0 Å². The number of hydrogen-bond donors (Lipinski definition) is 3. The summed E-state index contributed by atoms with van der Waals surface area (Å²) in [7, 11) is 0. The van der Waals surface area contributed by atoms with E-state index in [1.807, 2.05) is 0 Å². The molecule has 1 aromatic heterocycles. The molecule has 3 unspecified atom stereocenters. The van der Waals surface area contributed by atoms with Gasteiger partial charge >= 0.3 is 0 Å². The summed E-state index contributed by atoms with van der Waals surface area (Å²) in [5.41, 5.74) is 6.51. The van der Waals surface area contributed by atoms with Crippen molar-refractivity contribution in [2.75, 3.05) is 11.1 Å². The highest BCUT2D eigenvalue weighted by molar-refractivity contribution is 5.64. The first-order valence-electron chi connectivity index (χ1n) is 7.84. The number of aromatic nitrogens is 2. The van der Waals surface area contributed by atoms with Crippen LogP contribution in [-0.2, 0) is 0 Å². The maximum absolute atomic E-state index is 10.2. The number of nitrogens with zero attached hydrogens (tertiary/aromatic N) is 3. The average molecular weight is 289 g/mol. The highest BCUT2D eigenvalue weighted by Gasteiger charge is 2.32. The molecule has 0 saturated heterocycles. The summed E-state index contributed by atoms with van der Waals surface area (Å²) in [6, 6.07) is 2.34. The Morgan fingerprint density at radius 2 is 2.10 bits per heavy atom. The molecule has 0 aromatic carbocycles. The molecule has 2 aliphatic carbocycles. The summed E-state index contributed by atoms with van der Waals surface area (Å²) in [6.07, 6.45) is 5.75. The highest BCUT2D eigenvalue weighted by atomic mass is 16.3. The predicted molar refractivity (Wildman–Crippen MR) is 80.7 cm³/mol. The second-order valence-corrected chi connectivity index (χ2v) is 6.35. The van der Waals surface area contributed by atoms with Crippen molar-refractivity contribution in [3.63, 3.8) is 0 Å². The van der Waals surface area contributed by atoms with Crippen LogP contribution in [0.1, 0.15) is 57.1 Å². The predicted octanol–water partition coefficient (Wildman–Crippen LogP) is 2.02. The molecular formula is C15H23N5O. The molecule has 2 fully saturated rings. The van der Waals surface area contributed by atoms with Gasteiger partial charge in [-0.15, -0.1) is 0 Å². The van der Waals surface area contributed by atoms with Crippen LogP contribution in [-0.4, -0.2) is 27.0 Å². The number of rotatable bonds is 4. The number of hydrogen-bond acceptors (Lipinski definition) is 5. The number of nitriles is 1. The molecule has 21 heavy (non-hydrogen) atoms. The molecule has 6 nitrogen and oxygen atoms in total. The first-order valence-corrected chi connectivity index (χ1v) is 7.84. The van der Waals surface area contributed by atoms with E-state index in [0.29, 0.717) is 29.2 Å². The van der Waals surface area contributed by atoms with Crippen molar-refractivity contribution in [1.29, 1.82) is 5.26 Å². The lowest BCUT2D eigenvalue weighted by atomic mass is 9.93. The summed E-state index contributed by atoms with van der Waals surface area (Å²) in [5.74, 6) is 1.60. The van der Waals surface area contributed by atoms with E-state index in [4.69, 9.17) is 5.73 Å². The van der Waals surface area contributed by atoms with Crippen LogP contribution in [0.5, 0.6) is 0 Å². The lowest BCUT2D eigenvalue weighted by Gasteiger charge is -2.28. The van der Waals surface area contributed by atoms with Crippen molar-refractivity contribution in [3.8, 4) is 6.07 Å². The first kappa shape index (κ1) is 14.2. The fraction of sp³-hybridized carbons (Fsp3) is 0.733. The third-order valence-electron chi connectivity index (χ3n) is 4.76. The molecule has 114 valence electrons. The minimum atomic E-state index is -0.429. The molecule has 0 amide bonds. The number of nitrogens with one attached hydrogen (secondary N) is 1. The molecule has 4 N–H and O–H groups in total. The summed E-state index contributed by atoms with van der Waals surface area (Å²) in [5, 5.41) is 27.4. The van der Waals surface area contributed by atoms with Crippen LogP contribution in [0.3, 0.4) is 0 Å². The quantitative estimate of drug-likeness (QED) is 0.787. The van der Waals surface area contributed by atoms with Gasteiger partial charge in [-0.3, -0.25) is 0 Å². The van der Waals surface area contributed by atoms with Crippen LogP contribution in [0.25, 0.3) is 0 Å². The summed E-state index contributed by atoms with van der Waals surface area (Å²) in [6.45, 7) is 2.11. The number of anilines is 2. The molecule has 2 saturated carbocycles. The van der Waals surface area contributed by atoms with Gasteiger partial charge in [-0.2, -0.15) is 10.4 Å². The standard InChI is InChI=1S/C15H23N5O/c1-9(10-6-7-10)18-15-11(8-16)14(17)20(19-15)12-4-2-3-5-13(12)21/h9-10,12-13,21H,2-7,17H2,1H3,(H,18,19). The van der Waals surface area contributed by atoms with Crippen molar-refractivity contribution in [3.05, 3.63) is 5.56 Å². The maximum Gasteiger partial charge on any atom is 0.168 e. The molecule has 1 aromatic rings. The number of nitrogens with two attached hydrogens (primary N) is 1. The molecule has 0 spiro atoms. The van der Waals surface area contributed by atoms with Crippen LogP contribution in [0.4, 0.5) is 11.6 Å². The second-order valence-electron chi connectivity index (χ2n) is 6.35. The first-order chi connectivity index (χ1) is 10.1. The van der Waals surface area contributed by atoms with Gasteiger partial charge in [0.25, 0.3) is 0 Å². The Hall–Kier alpha value is -1.74. The molecule has 3 atom stereocenters. The van der Waals surface area contributed by atoms with Gasteiger partial charge in [0, 0.05) is 6.04 Å². The van der Waals surface area contributed by atoms with E-state index < -0.39 is 6.10 Å². The Morgan fingerprint density at radius 3 is 2.71 bits per heavy atom. The van der Waals surface area contributed by atoms with Crippen molar-refractivity contribution in [2.45, 2.75) is 63.6 Å².